The molecule has 0 unspecified atom stereocenters. The van der Waals surface area contributed by atoms with Crippen molar-refractivity contribution in [3.05, 3.63) is 4.88 Å². The standard InChI is InChI=1S/C12H19N3O3S2/c1-12(2,6-4-5-6)15-11-9(20(3,17)18)7(13)8(19-11)10(14)16/h6,15H,4-5,13H2,1-3H3,(H2,14,16). The fourth-order valence-electron chi connectivity index (χ4n) is 2.26. The Kier molecular flexibility index (Phi) is 3.50. The SMILES string of the molecule is CC(C)(Nc1sc(C(N)=O)c(N)c1S(C)(=O)=O)C1CC1. The van der Waals surface area contributed by atoms with Crippen molar-refractivity contribution < 1.29 is 13.2 Å². The van der Waals surface area contributed by atoms with Crippen LogP contribution in [-0.2, 0) is 9.84 Å². The molecule has 1 heterocycles. The molecule has 5 N–H and O–H groups in total. The maximum Gasteiger partial charge on any atom is 0.261 e. The number of hydrogen-bond acceptors (Lipinski definition) is 6. The Balaban J connectivity index is 2.51. The van der Waals surface area contributed by atoms with Gasteiger partial charge in [0.2, 0.25) is 0 Å². The van der Waals surface area contributed by atoms with Gasteiger partial charge in [0.1, 0.15) is 14.8 Å². The van der Waals surface area contributed by atoms with Gasteiger partial charge in [-0.1, -0.05) is 0 Å². The number of nitrogen functional groups attached to an aromatic ring is 1. The zero-order valence-electron chi connectivity index (χ0n) is 11.7. The molecule has 0 radical (unpaired) electrons. The number of anilines is 2. The van der Waals surface area contributed by atoms with Crippen molar-refractivity contribution in [1.82, 2.24) is 0 Å². The van der Waals surface area contributed by atoms with Crippen LogP contribution >= 0.6 is 11.3 Å². The van der Waals surface area contributed by atoms with Crippen LogP contribution in [0.3, 0.4) is 0 Å². The molecule has 0 atom stereocenters. The van der Waals surface area contributed by atoms with E-state index in [9.17, 15) is 13.2 Å². The van der Waals surface area contributed by atoms with Gasteiger partial charge in [0, 0.05) is 11.8 Å². The van der Waals surface area contributed by atoms with Crippen molar-refractivity contribution in [2.75, 3.05) is 17.3 Å². The zero-order chi connectivity index (χ0) is 15.3. The van der Waals surface area contributed by atoms with Gasteiger partial charge in [-0.3, -0.25) is 4.79 Å². The van der Waals surface area contributed by atoms with Crippen molar-refractivity contribution in [2.24, 2.45) is 11.7 Å². The minimum Gasteiger partial charge on any atom is -0.396 e. The second-order valence-corrected chi connectivity index (χ2v) is 8.73. The lowest BCUT2D eigenvalue weighted by molar-refractivity contribution is 0.100. The van der Waals surface area contributed by atoms with E-state index < -0.39 is 15.7 Å². The number of nitrogens with one attached hydrogen (secondary N) is 1. The Morgan fingerprint density at radius 3 is 2.35 bits per heavy atom. The molecule has 1 aromatic heterocycles. The van der Waals surface area contributed by atoms with Crippen LogP contribution in [0.4, 0.5) is 10.7 Å². The normalized spacial score (nSPS) is 16.1. The van der Waals surface area contributed by atoms with E-state index in [-0.39, 0.29) is 21.0 Å². The largest absolute Gasteiger partial charge is 0.396 e. The highest BCUT2D eigenvalue weighted by molar-refractivity contribution is 7.91. The van der Waals surface area contributed by atoms with Crippen LogP contribution in [0.15, 0.2) is 4.90 Å². The first-order valence-corrected chi connectivity index (χ1v) is 8.95. The number of hydrogen-bond donors (Lipinski definition) is 3. The molecule has 8 heteroatoms. The van der Waals surface area contributed by atoms with Gasteiger partial charge in [0.25, 0.3) is 5.91 Å². The Morgan fingerprint density at radius 2 is 1.95 bits per heavy atom. The summed E-state index contributed by atoms with van der Waals surface area (Å²) in [6, 6.07) is 0. The molecule has 0 aliphatic heterocycles. The monoisotopic (exact) mass is 317 g/mol. The third-order valence-corrected chi connectivity index (χ3v) is 5.96. The van der Waals surface area contributed by atoms with E-state index in [0.29, 0.717) is 10.9 Å². The highest BCUT2D eigenvalue weighted by atomic mass is 32.2. The molecule has 1 aliphatic carbocycles. The number of rotatable bonds is 5. The Morgan fingerprint density at radius 1 is 1.40 bits per heavy atom. The van der Waals surface area contributed by atoms with Gasteiger partial charge in [-0.15, -0.1) is 11.3 Å². The third-order valence-electron chi connectivity index (χ3n) is 3.53. The molecule has 0 aromatic carbocycles. The number of carbonyl (C=O) groups is 1. The second-order valence-electron chi connectivity index (χ2n) is 5.76. The zero-order valence-corrected chi connectivity index (χ0v) is 13.3. The molecule has 6 nitrogen and oxygen atoms in total. The van der Waals surface area contributed by atoms with E-state index in [1.807, 2.05) is 13.8 Å². The Bertz CT molecular complexity index is 658. The first-order chi connectivity index (χ1) is 9.04. The van der Waals surface area contributed by atoms with Crippen LogP contribution in [0.5, 0.6) is 0 Å². The molecule has 0 spiro atoms. The van der Waals surface area contributed by atoms with E-state index >= 15 is 0 Å². The lowest BCUT2D eigenvalue weighted by Crippen LogP contribution is -2.33. The fraction of sp³-hybridized carbons (Fsp3) is 0.583. The van der Waals surface area contributed by atoms with Crippen LogP contribution in [-0.4, -0.2) is 26.1 Å². The molecule has 1 amide bonds. The van der Waals surface area contributed by atoms with Crippen LogP contribution < -0.4 is 16.8 Å². The molecule has 20 heavy (non-hydrogen) atoms. The highest BCUT2D eigenvalue weighted by Gasteiger charge is 2.39. The number of primary amides is 1. The van der Waals surface area contributed by atoms with Gasteiger partial charge in [-0.2, -0.15) is 0 Å². The molecular formula is C12H19N3O3S2. The topological polar surface area (TPSA) is 115 Å². The minimum absolute atomic E-state index is 0.0231. The smallest absolute Gasteiger partial charge is 0.261 e. The first kappa shape index (κ1) is 15.1. The predicted octanol–water partition coefficient (Wildman–Crippen LogP) is 1.43. The summed E-state index contributed by atoms with van der Waals surface area (Å²) >= 11 is 1.00. The summed E-state index contributed by atoms with van der Waals surface area (Å²) in [5.74, 6) is -0.218. The lowest BCUT2D eigenvalue weighted by Gasteiger charge is -2.27. The summed E-state index contributed by atoms with van der Waals surface area (Å²) in [5, 5.41) is 3.62. The molecule has 1 fully saturated rings. The number of sulfone groups is 1. The average Bonchev–Trinajstić information content (AvgIpc) is 3.02. The van der Waals surface area contributed by atoms with Crippen molar-refractivity contribution in [1.29, 1.82) is 0 Å². The summed E-state index contributed by atoms with van der Waals surface area (Å²) in [6.45, 7) is 4.02. The third kappa shape index (κ3) is 2.76. The quantitative estimate of drug-likeness (QED) is 0.760. The van der Waals surface area contributed by atoms with Crippen molar-refractivity contribution in [3.63, 3.8) is 0 Å². The number of carbonyl (C=O) groups excluding carboxylic acids is 1. The van der Waals surface area contributed by atoms with Crippen LogP contribution in [0.25, 0.3) is 0 Å². The Hall–Kier alpha value is -1.28. The van der Waals surface area contributed by atoms with Crippen LogP contribution in [0, 0.1) is 5.92 Å². The molecule has 1 aromatic rings. The van der Waals surface area contributed by atoms with E-state index in [4.69, 9.17) is 11.5 Å². The summed E-state index contributed by atoms with van der Waals surface area (Å²) in [6.07, 6.45) is 3.29. The van der Waals surface area contributed by atoms with Crippen LogP contribution in [0.1, 0.15) is 36.4 Å². The molecule has 2 rings (SSSR count). The van der Waals surface area contributed by atoms with E-state index in [1.54, 1.807) is 0 Å². The summed E-state index contributed by atoms with van der Waals surface area (Å²) < 4.78 is 23.8. The summed E-state index contributed by atoms with van der Waals surface area (Å²) in [5.41, 5.74) is 10.7. The van der Waals surface area contributed by atoms with E-state index in [0.717, 1.165) is 30.4 Å². The van der Waals surface area contributed by atoms with Gasteiger partial charge in [-0.25, -0.2) is 8.42 Å². The van der Waals surface area contributed by atoms with E-state index in [2.05, 4.69) is 5.32 Å². The first-order valence-electron chi connectivity index (χ1n) is 6.24. The van der Waals surface area contributed by atoms with Gasteiger partial charge in [-0.05, 0) is 32.6 Å². The number of amides is 1. The number of thiophene rings is 1. The minimum atomic E-state index is -3.54. The number of nitrogens with two attached hydrogens (primary N) is 2. The molecule has 0 bridgehead atoms. The van der Waals surface area contributed by atoms with E-state index in [1.165, 1.54) is 0 Å². The fourth-order valence-corrected chi connectivity index (χ4v) is 4.83. The van der Waals surface area contributed by atoms with Crippen LogP contribution in [0.2, 0.25) is 0 Å². The van der Waals surface area contributed by atoms with Crippen molar-refractivity contribution in [3.8, 4) is 0 Å². The summed E-state index contributed by atoms with van der Waals surface area (Å²) in [4.78, 5) is 11.4. The average molecular weight is 317 g/mol. The maximum atomic E-state index is 11.9. The van der Waals surface area contributed by atoms with Crippen molar-refractivity contribution >= 4 is 37.8 Å². The molecule has 112 valence electrons. The molecule has 1 aliphatic rings. The van der Waals surface area contributed by atoms with Gasteiger partial charge in [0.05, 0.1) is 5.69 Å². The van der Waals surface area contributed by atoms with Gasteiger partial charge >= 0.3 is 0 Å². The highest BCUT2D eigenvalue weighted by Crippen LogP contribution is 2.45. The molecular weight excluding hydrogens is 298 g/mol. The predicted molar refractivity (Wildman–Crippen MR) is 80.8 cm³/mol. The second kappa shape index (κ2) is 4.63. The molecule has 0 saturated heterocycles. The maximum absolute atomic E-state index is 11.9. The lowest BCUT2D eigenvalue weighted by atomic mass is 9.99. The van der Waals surface area contributed by atoms with Gasteiger partial charge in [0.15, 0.2) is 9.84 Å². The molecule has 1 saturated carbocycles. The van der Waals surface area contributed by atoms with Gasteiger partial charge < -0.3 is 16.8 Å². The Labute approximate surface area is 122 Å². The summed E-state index contributed by atoms with van der Waals surface area (Å²) in [7, 11) is -3.54. The van der Waals surface area contributed by atoms with Crippen molar-refractivity contribution in [2.45, 2.75) is 37.1 Å².